The zero-order valence-corrected chi connectivity index (χ0v) is 15.3. The number of rotatable bonds is 7. The lowest BCUT2D eigenvalue weighted by Gasteiger charge is -2.38. The van der Waals surface area contributed by atoms with Crippen molar-refractivity contribution < 1.29 is 13.9 Å². The molecular weight excluding hydrogens is 363 g/mol. The van der Waals surface area contributed by atoms with Crippen LogP contribution in [0.3, 0.4) is 0 Å². The molecule has 0 radical (unpaired) electrons. The molecule has 1 unspecified atom stereocenters. The molecule has 2 heterocycles. The van der Waals surface area contributed by atoms with Gasteiger partial charge >= 0.3 is 0 Å². The van der Waals surface area contributed by atoms with Crippen molar-refractivity contribution in [3.63, 3.8) is 0 Å². The minimum absolute atomic E-state index is 0.245. The van der Waals surface area contributed by atoms with Gasteiger partial charge < -0.3 is 14.4 Å². The molecule has 2 aromatic rings. The van der Waals surface area contributed by atoms with Crippen molar-refractivity contribution >= 4 is 34.9 Å². The Morgan fingerprint density at radius 2 is 2.08 bits per heavy atom. The highest BCUT2D eigenvalue weighted by molar-refractivity contribution is 7.09. The van der Waals surface area contributed by atoms with Crippen LogP contribution in [-0.4, -0.2) is 50.0 Å². The van der Waals surface area contributed by atoms with E-state index in [1.54, 1.807) is 17.4 Å². The van der Waals surface area contributed by atoms with Crippen molar-refractivity contribution in [3.8, 4) is 0 Å². The monoisotopic (exact) mass is 382 g/mol. The number of hydrogen-bond donors (Lipinski definition) is 0. The molecule has 7 heteroatoms. The van der Waals surface area contributed by atoms with E-state index in [9.17, 15) is 9.18 Å². The fourth-order valence-corrected chi connectivity index (χ4v) is 3.87. The standard InChI is InChI=1S/C18H20ClFN2O2S/c19-17-10-14(20)3-4-18(17)22-7-5-21(6-8-22)15(11-23)12-24-13-16-2-1-9-25-16/h1-4,9-11,15H,5-8,12-13H2. The lowest BCUT2D eigenvalue weighted by Crippen LogP contribution is -2.52. The first kappa shape index (κ1) is 18.3. The molecule has 0 N–H and O–H groups in total. The van der Waals surface area contributed by atoms with Crippen molar-refractivity contribution in [2.24, 2.45) is 0 Å². The van der Waals surface area contributed by atoms with E-state index in [4.69, 9.17) is 16.3 Å². The third-order valence-electron chi connectivity index (χ3n) is 4.30. The van der Waals surface area contributed by atoms with Gasteiger partial charge in [0.15, 0.2) is 0 Å². The van der Waals surface area contributed by atoms with Gasteiger partial charge in [0.05, 0.1) is 30.0 Å². The first-order valence-corrected chi connectivity index (χ1v) is 9.42. The first-order valence-electron chi connectivity index (χ1n) is 8.17. The number of hydrogen-bond acceptors (Lipinski definition) is 5. The maximum absolute atomic E-state index is 13.2. The molecule has 0 saturated carbocycles. The van der Waals surface area contributed by atoms with E-state index >= 15 is 0 Å². The number of benzene rings is 1. The molecule has 0 aliphatic carbocycles. The lowest BCUT2D eigenvalue weighted by atomic mass is 10.2. The summed E-state index contributed by atoms with van der Waals surface area (Å²) < 4.78 is 18.9. The summed E-state index contributed by atoms with van der Waals surface area (Å²) in [6, 6.07) is 8.21. The van der Waals surface area contributed by atoms with Gasteiger partial charge in [0.2, 0.25) is 0 Å². The van der Waals surface area contributed by atoms with Crippen LogP contribution in [0.15, 0.2) is 35.7 Å². The molecule has 134 valence electrons. The zero-order valence-electron chi connectivity index (χ0n) is 13.7. The average molecular weight is 383 g/mol. The Morgan fingerprint density at radius 1 is 1.28 bits per heavy atom. The number of carbonyl (C=O) groups excluding carboxylic acids is 1. The Balaban J connectivity index is 1.50. The molecule has 1 atom stereocenters. The lowest BCUT2D eigenvalue weighted by molar-refractivity contribution is -0.115. The quantitative estimate of drug-likeness (QED) is 0.687. The molecule has 0 amide bonds. The largest absolute Gasteiger partial charge is 0.374 e. The molecule has 0 spiro atoms. The summed E-state index contributed by atoms with van der Waals surface area (Å²) in [6.45, 7) is 3.87. The molecular formula is C18H20ClFN2O2S. The summed E-state index contributed by atoms with van der Waals surface area (Å²) in [4.78, 5) is 16.8. The minimum Gasteiger partial charge on any atom is -0.374 e. The number of ether oxygens (including phenoxy) is 1. The van der Waals surface area contributed by atoms with E-state index in [0.29, 0.717) is 18.2 Å². The maximum Gasteiger partial charge on any atom is 0.139 e. The summed E-state index contributed by atoms with van der Waals surface area (Å²) in [5.41, 5.74) is 0.833. The van der Waals surface area contributed by atoms with Gasteiger partial charge in [0, 0.05) is 31.1 Å². The van der Waals surface area contributed by atoms with Gasteiger partial charge in [-0.1, -0.05) is 17.7 Å². The molecule has 1 aromatic heterocycles. The molecule has 25 heavy (non-hydrogen) atoms. The molecule has 1 aliphatic heterocycles. The van der Waals surface area contributed by atoms with Crippen LogP contribution < -0.4 is 4.90 Å². The smallest absolute Gasteiger partial charge is 0.139 e. The zero-order chi connectivity index (χ0) is 17.6. The SMILES string of the molecule is O=CC(COCc1cccs1)N1CCN(c2ccc(F)cc2Cl)CC1. The summed E-state index contributed by atoms with van der Waals surface area (Å²) in [6.07, 6.45) is 0.953. The van der Waals surface area contributed by atoms with Crippen molar-refractivity contribution in [3.05, 3.63) is 51.4 Å². The fourth-order valence-electron chi connectivity index (χ4n) is 2.94. The van der Waals surface area contributed by atoms with Gasteiger partial charge in [0.1, 0.15) is 12.1 Å². The number of carbonyl (C=O) groups is 1. The topological polar surface area (TPSA) is 32.8 Å². The van der Waals surface area contributed by atoms with Crippen molar-refractivity contribution in [2.75, 3.05) is 37.7 Å². The van der Waals surface area contributed by atoms with Crippen LogP contribution in [-0.2, 0) is 16.1 Å². The second kappa shape index (κ2) is 8.76. The first-order chi connectivity index (χ1) is 12.2. The van der Waals surface area contributed by atoms with Gasteiger partial charge in [0.25, 0.3) is 0 Å². The van der Waals surface area contributed by atoms with Gasteiger partial charge in [-0.3, -0.25) is 4.90 Å². The van der Waals surface area contributed by atoms with Crippen LogP contribution in [0.25, 0.3) is 0 Å². The van der Waals surface area contributed by atoms with Crippen molar-refractivity contribution in [1.29, 1.82) is 0 Å². The Hall–Kier alpha value is -1.47. The summed E-state index contributed by atoms with van der Waals surface area (Å²) >= 11 is 7.78. The molecule has 4 nitrogen and oxygen atoms in total. The molecule has 1 aromatic carbocycles. The highest BCUT2D eigenvalue weighted by atomic mass is 35.5. The van der Waals surface area contributed by atoms with Gasteiger partial charge in [-0.25, -0.2) is 4.39 Å². The molecule has 1 aliphatic rings. The van der Waals surface area contributed by atoms with Crippen molar-refractivity contribution in [1.82, 2.24) is 4.90 Å². The molecule has 1 saturated heterocycles. The third kappa shape index (κ3) is 4.79. The van der Waals surface area contributed by atoms with Crippen LogP contribution >= 0.6 is 22.9 Å². The highest BCUT2D eigenvalue weighted by Crippen LogP contribution is 2.27. The predicted molar refractivity (Wildman–Crippen MR) is 99.0 cm³/mol. The molecule has 0 bridgehead atoms. The number of nitrogens with zero attached hydrogens (tertiary/aromatic N) is 2. The Morgan fingerprint density at radius 3 is 2.72 bits per heavy atom. The maximum atomic E-state index is 13.2. The predicted octanol–water partition coefficient (Wildman–Crippen LogP) is 3.45. The van der Waals surface area contributed by atoms with Crippen LogP contribution in [0.4, 0.5) is 10.1 Å². The van der Waals surface area contributed by atoms with Crippen LogP contribution in [0.2, 0.25) is 5.02 Å². The van der Waals surface area contributed by atoms with E-state index in [2.05, 4.69) is 9.80 Å². The van der Waals surface area contributed by atoms with Gasteiger partial charge in [-0.2, -0.15) is 0 Å². The molecule has 3 rings (SSSR count). The van der Waals surface area contributed by atoms with Gasteiger partial charge in [-0.15, -0.1) is 11.3 Å². The highest BCUT2D eigenvalue weighted by Gasteiger charge is 2.24. The van der Waals surface area contributed by atoms with Crippen LogP contribution in [0, 0.1) is 5.82 Å². The summed E-state index contributed by atoms with van der Waals surface area (Å²) in [5.74, 6) is -0.337. The van der Waals surface area contributed by atoms with Crippen LogP contribution in [0.1, 0.15) is 4.88 Å². The van der Waals surface area contributed by atoms with Crippen molar-refractivity contribution in [2.45, 2.75) is 12.6 Å². The van der Waals surface area contributed by atoms with Crippen LogP contribution in [0.5, 0.6) is 0 Å². The average Bonchev–Trinajstić information content (AvgIpc) is 3.13. The van der Waals surface area contributed by atoms with Gasteiger partial charge in [-0.05, 0) is 29.6 Å². The minimum atomic E-state index is -0.337. The number of anilines is 1. The van der Waals surface area contributed by atoms with E-state index in [1.165, 1.54) is 12.1 Å². The van der Waals surface area contributed by atoms with E-state index in [1.807, 2.05) is 17.5 Å². The number of piperazine rings is 1. The number of halogens is 2. The number of thiophene rings is 1. The fraction of sp³-hybridized carbons (Fsp3) is 0.389. The Bertz CT molecular complexity index is 690. The number of aldehydes is 1. The third-order valence-corrected chi connectivity index (χ3v) is 5.46. The summed E-state index contributed by atoms with van der Waals surface area (Å²) in [7, 11) is 0. The second-order valence-corrected chi connectivity index (χ2v) is 7.36. The summed E-state index contributed by atoms with van der Waals surface area (Å²) in [5, 5.41) is 2.43. The van der Waals surface area contributed by atoms with E-state index < -0.39 is 0 Å². The Kier molecular flexibility index (Phi) is 6.42. The molecule has 1 fully saturated rings. The van der Waals surface area contributed by atoms with E-state index in [-0.39, 0.29) is 11.9 Å². The van der Waals surface area contributed by atoms with E-state index in [0.717, 1.165) is 43.0 Å². The second-order valence-electron chi connectivity index (χ2n) is 5.92. The normalized spacial score (nSPS) is 16.8. The Labute approximate surface area is 155 Å².